The molecule has 104 valence electrons. The van der Waals surface area contributed by atoms with E-state index in [9.17, 15) is 9.18 Å². The Hall–Kier alpha value is -1.67. The van der Waals surface area contributed by atoms with Gasteiger partial charge in [-0.3, -0.25) is 4.79 Å². The van der Waals surface area contributed by atoms with Crippen molar-refractivity contribution in [3.05, 3.63) is 70.0 Å². The van der Waals surface area contributed by atoms with E-state index in [-0.39, 0.29) is 12.2 Å². The van der Waals surface area contributed by atoms with Crippen LogP contribution < -0.4 is 0 Å². The minimum Gasteiger partial charge on any atom is -0.294 e. The highest BCUT2D eigenvalue weighted by Crippen LogP contribution is 2.19. The van der Waals surface area contributed by atoms with E-state index in [0.29, 0.717) is 16.1 Å². The Balaban J connectivity index is 2.11. The number of rotatable bonds is 5. The maximum Gasteiger partial charge on any atom is 0.167 e. The zero-order valence-corrected chi connectivity index (χ0v) is 12.1. The summed E-state index contributed by atoms with van der Waals surface area (Å²) < 4.78 is 13.0. The number of ketones is 1. The summed E-state index contributed by atoms with van der Waals surface area (Å²) in [6.45, 7) is 2.12. The Kier molecular flexibility index (Phi) is 4.91. The molecule has 3 heteroatoms. The van der Waals surface area contributed by atoms with E-state index in [1.807, 2.05) is 24.3 Å². The van der Waals surface area contributed by atoms with Gasteiger partial charge in [-0.05, 0) is 29.7 Å². The van der Waals surface area contributed by atoms with E-state index in [0.717, 1.165) is 12.8 Å². The molecule has 2 rings (SSSR count). The first kappa shape index (κ1) is 14.7. The van der Waals surface area contributed by atoms with Crippen molar-refractivity contribution in [2.24, 2.45) is 0 Å². The fourth-order valence-corrected chi connectivity index (χ4v) is 2.32. The van der Waals surface area contributed by atoms with Crippen LogP contribution in [-0.2, 0) is 12.8 Å². The van der Waals surface area contributed by atoms with Gasteiger partial charge in [0.05, 0.1) is 0 Å². The number of carbonyl (C=O) groups is 1. The average Bonchev–Trinajstić information content (AvgIpc) is 2.43. The highest BCUT2D eigenvalue weighted by Gasteiger charge is 2.10. The summed E-state index contributed by atoms with van der Waals surface area (Å²) in [7, 11) is 0. The van der Waals surface area contributed by atoms with Crippen LogP contribution in [0.4, 0.5) is 4.39 Å². The van der Waals surface area contributed by atoms with Gasteiger partial charge in [-0.15, -0.1) is 0 Å². The van der Waals surface area contributed by atoms with Crippen LogP contribution in [0.2, 0.25) is 5.02 Å². The normalized spacial score (nSPS) is 10.6. The van der Waals surface area contributed by atoms with Crippen molar-refractivity contribution >= 4 is 17.4 Å². The summed E-state index contributed by atoms with van der Waals surface area (Å²) in [6.07, 6.45) is 2.28. The molecule has 2 aromatic carbocycles. The van der Waals surface area contributed by atoms with Gasteiger partial charge >= 0.3 is 0 Å². The summed E-state index contributed by atoms with van der Waals surface area (Å²) >= 11 is 5.94. The molecule has 2 aromatic rings. The molecule has 0 saturated carbocycles. The molecule has 0 radical (unpaired) electrons. The number of benzene rings is 2. The minimum atomic E-state index is -0.393. The maximum atomic E-state index is 13.0. The lowest BCUT2D eigenvalue weighted by atomic mass is 10.0. The van der Waals surface area contributed by atoms with Crippen molar-refractivity contribution in [3.8, 4) is 0 Å². The average molecular weight is 291 g/mol. The number of aryl methyl sites for hydroxylation is 1. The van der Waals surface area contributed by atoms with Gasteiger partial charge in [0.2, 0.25) is 0 Å². The Morgan fingerprint density at radius 2 is 1.85 bits per heavy atom. The first-order chi connectivity index (χ1) is 9.60. The lowest BCUT2D eigenvalue weighted by molar-refractivity contribution is 0.0993. The fraction of sp³-hybridized carbons (Fsp3) is 0.235. The molecule has 0 bridgehead atoms. The molecule has 20 heavy (non-hydrogen) atoms. The molecule has 0 saturated heterocycles. The van der Waals surface area contributed by atoms with Crippen LogP contribution in [0.1, 0.15) is 34.8 Å². The van der Waals surface area contributed by atoms with Gasteiger partial charge < -0.3 is 0 Å². The van der Waals surface area contributed by atoms with E-state index in [2.05, 4.69) is 6.92 Å². The third-order valence-electron chi connectivity index (χ3n) is 3.18. The van der Waals surface area contributed by atoms with Crippen molar-refractivity contribution < 1.29 is 9.18 Å². The Morgan fingerprint density at radius 3 is 2.45 bits per heavy atom. The van der Waals surface area contributed by atoms with E-state index in [4.69, 9.17) is 11.6 Å². The van der Waals surface area contributed by atoms with Crippen LogP contribution >= 0.6 is 11.6 Å². The first-order valence-corrected chi connectivity index (χ1v) is 7.04. The molecule has 0 aromatic heterocycles. The third kappa shape index (κ3) is 3.67. The Labute approximate surface area is 123 Å². The van der Waals surface area contributed by atoms with E-state index in [1.165, 1.54) is 17.7 Å². The third-order valence-corrected chi connectivity index (χ3v) is 3.53. The van der Waals surface area contributed by atoms with Crippen molar-refractivity contribution in [1.29, 1.82) is 0 Å². The number of Topliss-reactive ketones (excluding diaryl/α,β-unsaturated/α-hetero) is 1. The predicted octanol–water partition coefficient (Wildman–Crippen LogP) is 4.86. The quantitative estimate of drug-likeness (QED) is 0.719. The van der Waals surface area contributed by atoms with Gasteiger partial charge in [-0.25, -0.2) is 4.39 Å². The molecule has 0 aliphatic rings. The SMILES string of the molecule is CCCc1ccc(C(=O)Cc2ccc(F)cc2Cl)cc1. The molecule has 1 nitrogen and oxygen atoms in total. The minimum absolute atomic E-state index is 0.0124. The molecule has 0 fully saturated rings. The molecule has 0 heterocycles. The predicted molar refractivity (Wildman–Crippen MR) is 79.9 cm³/mol. The molecule has 0 amide bonds. The molecule has 0 unspecified atom stereocenters. The largest absolute Gasteiger partial charge is 0.294 e. The monoisotopic (exact) mass is 290 g/mol. The fourth-order valence-electron chi connectivity index (χ4n) is 2.09. The molecule has 0 aliphatic heterocycles. The van der Waals surface area contributed by atoms with Gasteiger partial charge in [0, 0.05) is 17.0 Å². The lowest BCUT2D eigenvalue weighted by Crippen LogP contribution is -2.04. The smallest absolute Gasteiger partial charge is 0.167 e. The number of hydrogen-bond acceptors (Lipinski definition) is 1. The molecular weight excluding hydrogens is 275 g/mol. The molecule has 0 atom stereocenters. The highest BCUT2D eigenvalue weighted by atomic mass is 35.5. The van der Waals surface area contributed by atoms with Crippen LogP contribution in [0.15, 0.2) is 42.5 Å². The maximum absolute atomic E-state index is 13.0. The number of carbonyl (C=O) groups excluding carboxylic acids is 1. The summed E-state index contributed by atoms with van der Waals surface area (Å²) in [5.74, 6) is -0.406. The lowest BCUT2D eigenvalue weighted by Gasteiger charge is -2.05. The number of halogens is 2. The zero-order valence-electron chi connectivity index (χ0n) is 11.3. The summed E-state index contributed by atoms with van der Waals surface area (Å²) in [6, 6.07) is 11.7. The van der Waals surface area contributed by atoms with Gasteiger partial charge in [0.25, 0.3) is 0 Å². The van der Waals surface area contributed by atoms with Crippen LogP contribution in [0.5, 0.6) is 0 Å². The second-order valence-electron chi connectivity index (χ2n) is 4.78. The van der Waals surface area contributed by atoms with Crippen molar-refractivity contribution in [2.45, 2.75) is 26.2 Å². The standard InChI is InChI=1S/C17H16ClFO/c1-2-3-12-4-6-13(7-5-12)17(20)10-14-8-9-15(19)11-16(14)18/h4-9,11H,2-3,10H2,1H3. The number of hydrogen-bond donors (Lipinski definition) is 0. The molecular formula is C17H16ClFO. The highest BCUT2D eigenvalue weighted by molar-refractivity contribution is 6.31. The Bertz CT molecular complexity index is 605. The summed E-state index contributed by atoms with van der Waals surface area (Å²) in [4.78, 5) is 12.2. The van der Waals surface area contributed by atoms with Crippen LogP contribution in [-0.4, -0.2) is 5.78 Å². The van der Waals surface area contributed by atoms with E-state index >= 15 is 0 Å². The summed E-state index contributed by atoms with van der Waals surface area (Å²) in [5.41, 5.74) is 2.53. The van der Waals surface area contributed by atoms with Crippen LogP contribution in [0.25, 0.3) is 0 Å². The first-order valence-electron chi connectivity index (χ1n) is 6.66. The molecule has 0 aliphatic carbocycles. The summed E-state index contributed by atoms with van der Waals surface area (Å²) in [5, 5.41) is 0.293. The van der Waals surface area contributed by atoms with Crippen LogP contribution in [0, 0.1) is 5.82 Å². The van der Waals surface area contributed by atoms with E-state index in [1.54, 1.807) is 6.07 Å². The topological polar surface area (TPSA) is 17.1 Å². The molecule has 0 spiro atoms. The van der Waals surface area contributed by atoms with Crippen molar-refractivity contribution in [2.75, 3.05) is 0 Å². The van der Waals surface area contributed by atoms with E-state index < -0.39 is 5.82 Å². The Morgan fingerprint density at radius 1 is 1.15 bits per heavy atom. The van der Waals surface area contributed by atoms with Gasteiger partial charge in [0.15, 0.2) is 5.78 Å². The van der Waals surface area contributed by atoms with Crippen molar-refractivity contribution in [1.82, 2.24) is 0 Å². The van der Waals surface area contributed by atoms with Gasteiger partial charge in [-0.1, -0.05) is 55.3 Å². The second-order valence-corrected chi connectivity index (χ2v) is 5.19. The van der Waals surface area contributed by atoms with Gasteiger partial charge in [-0.2, -0.15) is 0 Å². The second kappa shape index (κ2) is 6.67. The van der Waals surface area contributed by atoms with Crippen LogP contribution in [0.3, 0.4) is 0 Å². The molecule has 0 N–H and O–H groups in total. The van der Waals surface area contributed by atoms with Crippen molar-refractivity contribution in [3.63, 3.8) is 0 Å². The van der Waals surface area contributed by atoms with Gasteiger partial charge in [0.1, 0.15) is 5.82 Å². The zero-order chi connectivity index (χ0) is 14.5.